The van der Waals surface area contributed by atoms with Crippen molar-refractivity contribution in [2.75, 3.05) is 13.0 Å². The molecule has 0 bridgehead atoms. The van der Waals surface area contributed by atoms with Crippen molar-refractivity contribution < 1.29 is 14.9 Å². The highest BCUT2D eigenvalue weighted by atomic mass is 35.5. The number of aliphatic hydroxyl groups is 2. The van der Waals surface area contributed by atoms with Gasteiger partial charge in [0.2, 0.25) is 0 Å². The summed E-state index contributed by atoms with van der Waals surface area (Å²) in [4.78, 5) is 0. The number of aliphatic hydroxyl groups excluding tert-OH is 2. The predicted molar refractivity (Wildman–Crippen MR) is 59.7 cm³/mol. The van der Waals surface area contributed by atoms with Crippen molar-refractivity contribution in [2.24, 2.45) is 0 Å². The molecule has 0 saturated carbocycles. The Morgan fingerprint density at radius 1 is 1.40 bits per heavy atom. The molecule has 1 aromatic carbocycles. The molecule has 1 aromatic rings. The van der Waals surface area contributed by atoms with E-state index >= 15 is 0 Å². The molecule has 0 aromatic heterocycles. The molecule has 2 N–H and O–H groups in total. The summed E-state index contributed by atoms with van der Waals surface area (Å²) in [5.74, 6) is 0.542. The summed E-state index contributed by atoms with van der Waals surface area (Å²) in [6.45, 7) is 0. The summed E-state index contributed by atoms with van der Waals surface area (Å²) < 4.78 is 4.96. The van der Waals surface area contributed by atoms with Gasteiger partial charge in [0.1, 0.15) is 11.9 Å². The van der Waals surface area contributed by atoms with Crippen molar-refractivity contribution in [1.82, 2.24) is 0 Å². The van der Waals surface area contributed by atoms with Crippen LogP contribution in [0.4, 0.5) is 0 Å². The molecule has 0 heterocycles. The van der Waals surface area contributed by atoms with Crippen molar-refractivity contribution in [1.29, 1.82) is 0 Å². The number of methoxy groups -OCH3 is 1. The maximum atomic E-state index is 9.67. The van der Waals surface area contributed by atoms with Crippen LogP contribution >= 0.6 is 23.2 Å². The van der Waals surface area contributed by atoms with Gasteiger partial charge in [-0.25, -0.2) is 0 Å². The van der Waals surface area contributed by atoms with Gasteiger partial charge in [-0.05, 0) is 12.1 Å². The molecule has 2 unspecified atom stereocenters. The summed E-state index contributed by atoms with van der Waals surface area (Å²) in [7, 11) is 1.52. The molecule has 0 aliphatic carbocycles. The first-order chi connectivity index (χ1) is 7.10. The van der Waals surface area contributed by atoms with Crippen LogP contribution in [-0.2, 0) is 0 Å². The van der Waals surface area contributed by atoms with Crippen LogP contribution in [0, 0.1) is 0 Å². The van der Waals surface area contributed by atoms with E-state index < -0.39 is 12.2 Å². The van der Waals surface area contributed by atoms with E-state index in [1.165, 1.54) is 7.11 Å². The summed E-state index contributed by atoms with van der Waals surface area (Å²) >= 11 is 11.3. The summed E-state index contributed by atoms with van der Waals surface area (Å²) in [6, 6.07) is 4.83. The third-order valence-corrected chi connectivity index (χ3v) is 2.69. The Morgan fingerprint density at radius 2 is 2.07 bits per heavy atom. The minimum atomic E-state index is -1.08. The zero-order chi connectivity index (χ0) is 11.4. The Morgan fingerprint density at radius 3 is 2.53 bits per heavy atom. The van der Waals surface area contributed by atoms with Crippen molar-refractivity contribution in [3.63, 3.8) is 0 Å². The van der Waals surface area contributed by atoms with Crippen LogP contribution in [0.2, 0.25) is 5.02 Å². The number of ether oxygens (including phenoxy) is 1. The molecule has 5 heteroatoms. The second kappa shape index (κ2) is 5.56. The Bertz CT molecular complexity index is 330. The van der Waals surface area contributed by atoms with Gasteiger partial charge in [-0.2, -0.15) is 0 Å². The summed E-state index contributed by atoms with van der Waals surface area (Å²) in [5, 5.41) is 19.4. The summed E-state index contributed by atoms with van der Waals surface area (Å²) in [5.41, 5.74) is 0.436. The minimum absolute atomic E-state index is 0.0521. The lowest BCUT2D eigenvalue weighted by Gasteiger charge is -2.17. The van der Waals surface area contributed by atoms with E-state index in [-0.39, 0.29) is 5.88 Å². The van der Waals surface area contributed by atoms with Gasteiger partial charge < -0.3 is 14.9 Å². The molecule has 2 atom stereocenters. The van der Waals surface area contributed by atoms with E-state index in [9.17, 15) is 10.2 Å². The average Bonchev–Trinajstić information content (AvgIpc) is 2.26. The largest absolute Gasteiger partial charge is 0.497 e. The Kier molecular flexibility index (Phi) is 4.67. The van der Waals surface area contributed by atoms with Crippen LogP contribution < -0.4 is 4.74 Å². The number of benzene rings is 1. The quantitative estimate of drug-likeness (QED) is 0.804. The molecule has 0 amide bonds. The van der Waals surface area contributed by atoms with Crippen LogP contribution in [-0.4, -0.2) is 29.3 Å². The normalized spacial score (nSPS) is 14.7. The second-order valence-electron chi connectivity index (χ2n) is 3.05. The van der Waals surface area contributed by atoms with Gasteiger partial charge in [0.05, 0.1) is 24.1 Å². The molecule has 0 aliphatic heterocycles. The molecule has 1 rings (SSSR count). The lowest BCUT2D eigenvalue weighted by molar-refractivity contribution is 0.0327. The van der Waals surface area contributed by atoms with Crippen LogP contribution in [0.15, 0.2) is 18.2 Å². The average molecular weight is 251 g/mol. The molecule has 0 saturated heterocycles. The van der Waals surface area contributed by atoms with Gasteiger partial charge in [-0.3, -0.25) is 0 Å². The van der Waals surface area contributed by atoms with Gasteiger partial charge in [0, 0.05) is 5.56 Å². The maximum absolute atomic E-state index is 9.67. The number of hydrogen-bond acceptors (Lipinski definition) is 3. The zero-order valence-electron chi connectivity index (χ0n) is 8.15. The van der Waals surface area contributed by atoms with Gasteiger partial charge in [0.25, 0.3) is 0 Å². The third kappa shape index (κ3) is 2.98. The first-order valence-electron chi connectivity index (χ1n) is 4.35. The SMILES string of the molecule is COc1ccc(C(O)C(O)CCl)c(Cl)c1. The van der Waals surface area contributed by atoms with E-state index in [2.05, 4.69) is 0 Å². The van der Waals surface area contributed by atoms with Gasteiger partial charge >= 0.3 is 0 Å². The molecule has 84 valence electrons. The molecule has 0 fully saturated rings. The Hall–Kier alpha value is -0.480. The number of alkyl halides is 1. The number of rotatable bonds is 4. The number of halogens is 2. The summed E-state index contributed by atoms with van der Waals surface area (Å²) in [6.07, 6.45) is -2.11. The highest BCUT2D eigenvalue weighted by Crippen LogP contribution is 2.29. The fraction of sp³-hybridized carbons (Fsp3) is 0.400. The fourth-order valence-electron chi connectivity index (χ4n) is 1.17. The van der Waals surface area contributed by atoms with E-state index in [1.54, 1.807) is 18.2 Å². The van der Waals surface area contributed by atoms with E-state index in [0.29, 0.717) is 16.3 Å². The van der Waals surface area contributed by atoms with E-state index in [0.717, 1.165) is 0 Å². The van der Waals surface area contributed by atoms with Gasteiger partial charge in [0.15, 0.2) is 0 Å². The van der Waals surface area contributed by atoms with Gasteiger partial charge in [-0.1, -0.05) is 17.7 Å². The molecular weight excluding hydrogens is 239 g/mol. The first kappa shape index (κ1) is 12.6. The fourth-order valence-corrected chi connectivity index (χ4v) is 1.62. The zero-order valence-corrected chi connectivity index (χ0v) is 9.66. The minimum Gasteiger partial charge on any atom is -0.497 e. The van der Waals surface area contributed by atoms with Crippen molar-refractivity contribution in [2.45, 2.75) is 12.2 Å². The molecule has 0 aliphatic rings. The Balaban J connectivity index is 2.95. The monoisotopic (exact) mass is 250 g/mol. The predicted octanol–water partition coefficient (Wildman–Crippen LogP) is 1.98. The lowest BCUT2D eigenvalue weighted by atomic mass is 10.1. The third-order valence-electron chi connectivity index (χ3n) is 2.05. The van der Waals surface area contributed by atoms with Crippen molar-refractivity contribution in [3.05, 3.63) is 28.8 Å². The standard InChI is InChI=1S/C10H12Cl2O3/c1-15-6-2-3-7(8(12)4-6)10(14)9(13)5-11/h2-4,9-10,13-14H,5H2,1H3. The van der Waals surface area contributed by atoms with Crippen LogP contribution in [0.3, 0.4) is 0 Å². The number of hydrogen-bond donors (Lipinski definition) is 2. The van der Waals surface area contributed by atoms with Gasteiger partial charge in [-0.15, -0.1) is 11.6 Å². The van der Waals surface area contributed by atoms with E-state index in [1.807, 2.05) is 0 Å². The first-order valence-corrected chi connectivity index (χ1v) is 5.27. The lowest BCUT2D eigenvalue weighted by Crippen LogP contribution is -2.19. The van der Waals surface area contributed by atoms with Crippen molar-refractivity contribution in [3.8, 4) is 5.75 Å². The topological polar surface area (TPSA) is 49.7 Å². The molecule has 3 nitrogen and oxygen atoms in total. The molecule has 15 heavy (non-hydrogen) atoms. The van der Waals surface area contributed by atoms with Crippen LogP contribution in [0.25, 0.3) is 0 Å². The highest BCUT2D eigenvalue weighted by molar-refractivity contribution is 6.31. The second-order valence-corrected chi connectivity index (χ2v) is 3.77. The van der Waals surface area contributed by atoms with Crippen LogP contribution in [0.5, 0.6) is 5.75 Å². The molecular formula is C10H12Cl2O3. The molecule has 0 spiro atoms. The highest BCUT2D eigenvalue weighted by Gasteiger charge is 2.20. The van der Waals surface area contributed by atoms with Crippen molar-refractivity contribution >= 4 is 23.2 Å². The smallest absolute Gasteiger partial charge is 0.120 e. The maximum Gasteiger partial charge on any atom is 0.120 e. The molecule has 0 radical (unpaired) electrons. The van der Waals surface area contributed by atoms with E-state index in [4.69, 9.17) is 27.9 Å². The Labute approximate surface area is 98.2 Å². The van der Waals surface area contributed by atoms with Crippen LogP contribution in [0.1, 0.15) is 11.7 Å².